The number of nitrogens with two attached hydrogens (primary N) is 1. The summed E-state index contributed by atoms with van der Waals surface area (Å²) in [6.45, 7) is 4.76. The molecule has 108 valence electrons. The van der Waals surface area contributed by atoms with Crippen LogP contribution < -0.4 is 10.5 Å². The number of nitrogens with zero attached hydrogens (tertiary/aromatic N) is 2. The number of benzene rings is 1. The summed E-state index contributed by atoms with van der Waals surface area (Å²) in [6.07, 6.45) is 3.64. The van der Waals surface area contributed by atoms with Crippen molar-refractivity contribution in [2.75, 3.05) is 5.32 Å². The first-order valence-electron chi connectivity index (χ1n) is 6.32. The van der Waals surface area contributed by atoms with Gasteiger partial charge in [0, 0.05) is 18.8 Å². The van der Waals surface area contributed by atoms with Gasteiger partial charge in [0.2, 0.25) is 10.0 Å². The number of sulfonamides is 1. The SMILES string of the molecule is CCn1cc(NC(C)c2cccc(S(N)(=O)=O)c2)cn1. The third-order valence-corrected chi connectivity index (χ3v) is 3.94. The summed E-state index contributed by atoms with van der Waals surface area (Å²) in [4.78, 5) is 0.118. The average molecular weight is 294 g/mol. The van der Waals surface area contributed by atoms with Crippen molar-refractivity contribution in [3.05, 3.63) is 42.2 Å². The standard InChI is InChI=1S/C13H18N4O2S/c1-3-17-9-12(8-15-17)16-10(2)11-5-4-6-13(7-11)20(14,18)19/h4-10,16H,3H2,1-2H3,(H2,14,18,19). The fourth-order valence-electron chi connectivity index (χ4n) is 1.91. The summed E-state index contributed by atoms with van der Waals surface area (Å²) >= 11 is 0. The Hall–Kier alpha value is -1.86. The van der Waals surface area contributed by atoms with Crippen molar-refractivity contribution in [3.8, 4) is 0 Å². The zero-order valence-electron chi connectivity index (χ0n) is 11.4. The lowest BCUT2D eigenvalue weighted by molar-refractivity contribution is 0.597. The number of hydrogen-bond donors (Lipinski definition) is 2. The highest BCUT2D eigenvalue weighted by molar-refractivity contribution is 7.89. The third-order valence-electron chi connectivity index (χ3n) is 3.03. The van der Waals surface area contributed by atoms with Crippen LogP contribution in [0.25, 0.3) is 0 Å². The molecule has 0 bridgehead atoms. The summed E-state index contributed by atoms with van der Waals surface area (Å²) < 4.78 is 24.5. The predicted octanol–water partition coefficient (Wildman–Crippen LogP) is 1.72. The first-order valence-corrected chi connectivity index (χ1v) is 7.86. The van der Waals surface area contributed by atoms with Crippen LogP contribution in [0.2, 0.25) is 0 Å². The van der Waals surface area contributed by atoms with Crippen LogP contribution in [0, 0.1) is 0 Å². The Morgan fingerprint density at radius 1 is 1.45 bits per heavy atom. The molecule has 0 amide bonds. The summed E-state index contributed by atoms with van der Waals surface area (Å²) in [7, 11) is -3.68. The van der Waals surface area contributed by atoms with Crippen molar-refractivity contribution >= 4 is 15.7 Å². The molecule has 0 saturated carbocycles. The molecule has 1 aromatic heterocycles. The molecule has 1 heterocycles. The molecule has 20 heavy (non-hydrogen) atoms. The zero-order valence-corrected chi connectivity index (χ0v) is 12.3. The molecule has 1 aromatic carbocycles. The molecule has 0 aliphatic rings. The average Bonchev–Trinajstić information content (AvgIpc) is 2.85. The number of hydrogen-bond acceptors (Lipinski definition) is 4. The normalized spacial score (nSPS) is 13.2. The van der Waals surface area contributed by atoms with Crippen LogP contribution in [-0.4, -0.2) is 18.2 Å². The van der Waals surface area contributed by atoms with Gasteiger partial charge in [-0.05, 0) is 31.5 Å². The van der Waals surface area contributed by atoms with E-state index in [-0.39, 0.29) is 10.9 Å². The molecule has 0 radical (unpaired) electrons. The second-order valence-corrected chi connectivity index (χ2v) is 6.13. The predicted molar refractivity (Wildman–Crippen MR) is 77.8 cm³/mol. The molecular weight excluding hydrogens is 276 g/mol. The quantitative estimate of drug-likeness (QED) is 0.878. The van der Waals surface area contributed by atoms with Crippen LogP contribution in [0.4, 0.5) is 5.69 Å². The molecule has 2 aromatic rings. The lowest BCUT2D eigenvalue weighted by Crippen LogP contribution is -2.13. The van der Waals surface area contributed by atoms with Gasteiger partial charge in [-0.2, -0.15) is 5.10 Å². The monoisotopic (exact) mass is 294 g/mol. The van der Waals surface area contributed by atoms with E-state index in [1.54, 1.807) is 18.3 Å². The molecule has 0 saturated heterocycles. The van der Waals surface area contributed by atoms with E-state index in [4.69, 9.17) is 5.14 Å². The highest BCUT2D eigenvalue weighted by Gasteiger charge is 2.12. The van der Waals surface area contributed by atoms with Crippen LogP contribution in [0.1, 0.15) is 25.5 Å². The highest BCUT2D eigenvalue weighted by Crippen LogP contribution is 2.21. The second kappa shape index (κ2) is 5.64. The van der Waals surface area contributed by atoms with Gasteiger partial charge in [-0.1, -0.05) is 12.1 Å². The molecular formula is C13H18N4O2S. The van der Waals surface area contributed by atoms with Crippen LogP contribution in [0.15, 0.2) is 41.6 Å². The van der Waals surface area contributed by atoms with E-state index in [0.29, 0.717) is 0 Å². The summed E-state index contributed by atoms with van der Waals surface area (Å²) in [6, 6.07) is 6.56. The smallest absolute Gasteiger partial charge is 0.238 e. The van der Waals surface area contributed by atoms with Gasteiger partial charge in [-0.25, -0.2) is 13.6 Å². The Labute approximate surface area is 118 Å². The molecule has 3 N–H and O–H groups in total. The molecule has 7 heteroatoms. The van der Waals surface area contributed by atoms with E-state index in [1.807, 2.05) is 30.8 Å². The van der Waals surface area contributed by atoms with Crippen molar-refractivity contribution < 1.29 is 8.42 Å². The van der Waals surface area contributed by atoms with Crippen molar-refractivity contribution in [2.45, 2.75) is 31.3 Å². The summed E-state index contributed by atoms with van der Waals surface area (Å²) in [5.41, 5.74) is 1.74. The fourth-order valence-corrected chi connectivity index (χ4v) is 2.47. The summed E-state index contributed by atoms with van der Waals surface area (Å²) in [5.74, 6) is 0. The molecule has 0 spiro atoms. The van der Waals surface area contributed by atoms with E-state index in [2.05, 4.69) is 10.4 Å². The third kappa shape index (κ3) is 3.37. The van der Waals surface area contributed by atoms with Gasteiger partial charge in [0.15, 0.2) is 0 Å². The first-order chi connectivity index (χ1) is 9.40. The van der Waals surface area contributed by atoms with Gasteiger partial charge in [-0.15, -0.1) is 0 Å². The maximum Gasteiger partial charge on any atom is 0.238 e. The number of aromatic nitrogens is 2. The van der Waals surface area contributed by atoms with Crippen molar-refractivity contribution in [2.24, 2.45) is 5.14 Å². The minimum absolute atomic E-state index is 0.0498. The second-order valence-electron chi connectivity index (χ2n) is 4.57. The van der Waals surface area contributed by atoms with Gasteiger partial charge in [0.1, 0.15) is 0 Å². The topological polar surface area (TPSA) is 90.0 Å². The van der Waals surface area contributed by atoms with Gasteiger partial charge in [-0.3, -0.25) is 4.68 Å². The Kier molecular flexibility index (Phi) is 4.10. The van der Waals surface area contributed by atoms with Crippen LogP contribution in [-0.2, 0) is 16.6 Å². The van der Waals surface area contributed by atoms with Crippen LogP contribution >= 0.6 is 0 Å². The molecule has 1 atom stereocenters. The number of primary sulfonamides is 1. The molecule has 1 unspecified atom stereocenters. The van der Waals surface area contributed by atoms with Gasteiger partial charge < -0.3 is 5.32 Å². The minimum Gasteiger partial charge on any atom is -0.376 e. The van der Waals surface area contributed by atoms with Crippen molar-refractivity contribution in [3.63, 3.8) is 0 Å². The van der Waals surface area contributed by atoms with Crippen molar-refractivity contribution in [1.82, 2.24) is 9.78 Å². The molecule has 0 aliphatic heterocycles. The van der Waals surface area contributed by atoms with Gasteiger partial charge >= 0.3 is 0 Å². The largest absolute Gasteiger partial charge is 0.376 e. The summed E-state index contributed by atoms with van der Waals surface area (Å²) in [5, 5.41) is 12.6. The number of anilines is 1. The maximum atomic E-state index is 11.4. The molecule has 0 aliphatic carbocycles. The highest BCUT2D eigenvalue weighted by atomic mass is 32.2. The lowest BCUT2D eigenvalue weighted by Gasteiger charge is -2.14. The minimum atomic E-state index is -3.68. The Morgan fingerprint density at radius 2 is 2.20 bits per heavy atom. The Bertz CT molecular complexity index is 694. The van der Waals surface area contributed by atoms with E-state index >= 15 is 0 Å². The van der Waals surface area contributed by atoms with E-state index < -0.39 is 10.0 Å². The molecule has 0 fully saturated rings. The number of nitrogens with one attached hydrogen (secondary N) is 1. The molecule has 2 rings (SSSR count). The van der Waals surface area contributed by atoms with Gasteiger partial charge in [0.25, 0.3) is 0 Å². The van der Waals surface area contributed by atoms with Crippen LogP contribution in [0.5, 0.6) is 0 Å². The van der Waals surface area contributed by atoms with Gasteiger partial charge in [0.05, 0.1) is 16.8 Å². The molecule has 6 nitrogen and oxygen atoms in total. The van der Waals surface area contributed by atoms with E-state index in [0.717, 1.165) is 17.8 Å². The van der Waals surface area contributed by atoms with E-state index in [9.17, 15) is 8.42 Å². The lowest BCUT2D eigenvalue weighted by atomic mass is 10.1. The van der Waals surface area contributed by atoms with E-state index in [1.165, 1.54) is 6.07 Å². The zero-order chi connectivity index (χ0) is 14.8. The Morgan fingerprint density at radius 3 is 2.80 bits per heavy atom. The number of rotatable bonds is 5. The Balaban J connectivity index is 2.19. The fraction of sp³-hybridized carbons (Fsp3) is 0.308. The number of aryl methyl sites for hydroxylation is 1. The van der Waals surface area contributed by atoms with Crippen molar-refractivity contribution in [1.29, 1.82) is 0 Å². The first kappa shape index (κ1) is 14.5. The van der Waals surface area contributed by atoms with Crippen LogP contribution in [0.3, 0.4) is 0 Å². The maximum absolute atomic E-state index is 11.4.